The molecule has 0 atom stereocenters. The summed E-state index contributed by atoms with van der Waals surface area (Å²) in [5, 5.41) is 10.1. The van der Waals surface area contributed by atoms with Gasteiger partial charge in [0.15, 0.2) is 5.15 Å². The minimum atomic E-state index is 0.418. The molecule has 4 heteroatoms. The molecule has 1 heterocycles. The van der Waals surface area contributed by atoms with E-state index in [2.05, 4.69) is 17.1 Å². The molecule has 1 aromatic heterocycles. The number of hydrogen-bond acceptors (Lipinski definition) is 3. The Labute approximate surface area is 106 Å². The second kappa shape index (κ2) is 5.82. The summed E-state index contributed by atoms with van der Waals surface area (Å²) in [6, 6.07) is 7.74. The van der Waals surface area contributed by atoms with Crippen LogP contribution in [0.3, 0.4) is 0 Å². The third kappa shape index (κ3) is 2.86. The van der Waals surface area contributed by atoms with Crippen molar-refractivity contribution in [2.75, 3.05) is 6.61 Å². The summed E-state index contributed by atoms with van der Waals surface area (Å²) < 4.78 is 5.64. The van der Waals surface area contributed by atoms with E-state index in [1.54, 1.807) is 0 Å². The van der Waals surface area contributed by atoms with Crippen molar-refractivity contribution < 1.29 is 4.74 Å². The van der Waals surface area contributed by atoms with Gasteiger partial charge in [0.05, 0.1) is 6.61 Å². The molecule has 0 aliphatic heterocycles. The Morgan fingerprint density at radius 2 is 1.88 bits per heavy atom. The van der Waals surface area contributed by atoms with E-state index in [1.807, 2.05) is 24.3 Å². The summed E-state index contributed by atoms with van der Waals surface area (Å²) in [6.07, 6.45) is 3.38. The molecule has 0 spiro atoms. The lowest BCUT2D eigenvalue weighted by Gasteiger charge is -2.07. The summed E-state index contributed by atoms with van der Waals surface area (Å²) in [6.45, 7) is 2.84. The van der Waals surface area contributed by atoms with Crippen LogP contribution in [-0.2, 0) is 0 Å². The maximum atomic E-state index is 5.98. The van der Waals surface area contributed by atoms with Crippen LogP contribution in [-0.4, -0.2) is 16.8 Å². The van der Waals surface area contributed by atoms with Crippen molar-refractivity contribution in [2.45, 2.75) is 26.2 Å². The quantitative estimate of drug-likeness (QED) is 0.756. The maximum absolute atomic E-state index is 5.98. The van der Waals surface area contributed by atoms with Gasteiger partial charge in [0.25, 0.3) is 0 Å². The molecule has 0 unspecified atom stereocenters. The van der Waals surface area contributed by atoms with Crippen molar-refractivity contribution in [3.05, 3.63) is 29.4 Å². The highest BCUT2D eigenvalue weighted by Gasteiger charge is 2.07. The lowest BCUT2D eigenvalue weighted by Crippen LogP contribution is -2.01. The zero-order chi connectivity index (χ0) is 12.1. The van der Waals surface area contributed by atoms with Gasteiger partial charge in [-0.15, -0.1) is 10.2 Å². The molecule has 0 amide bonds. The Bertz CT molecular complexity index is 502. The molecule has 0 bridgehead atoms. The molecule has 17 heavy (non-hydrogen) atoms. The van der Waals surface area contributed by atoms with Crippen molar-refractivity contribution in [1.82, 2.24) is 10.2 Å². The van der Waals surface area contributed by atoms with Crippen LogP contribution < -0.4 is 4.74 Å². The maximum Gasteiger partial charge on any atom is 0.241 e. The highest BCUT2D eigenvalue weighted by molar-refractivity contribution is 6.34. The van der Waals surface area contributed by atoms with Crippen molar-refractivity contribution in [1.29, 1.82) is 0 Å². The van der Waals surface area contributed by atoms with Gasteiger partial charge in [-0.2, -0.15) is 0 Å². The molecule has 0 saturated heterocycles. The number of halogens is 1. The van der Waals surface area contributed by atoms with Crippen LogP contribution in [0.5, 0.6) is 5.88 Å². The van der Waals surface area contributed by atoms with E-state index >= 15 is 0 Å². The molecule has 90 valence electrons. The Hall–Kier alpha value is -1.35. The van der Waals surface area contributed by atoms with E-state index < -0.39 is 0 Å². The fourth-order valence-electron chi connectivity index (χ4n) is 1.67. The standard InChI is InChI=1S/C13H15ClN2O/c1-2-3-6-9-17-13-11-8-5-4-7-10(11)12(14)15-16-13/h4-5,7-8H,2-3,6,9H2,1H3. The number of rotatable bonds is 5. The number of fused-ring (bicyclic) bond motifs is 1. The van der Waals surface area contributed by atoms with E-state index in [9.17, 15) is 0 Å². The van der Waals surface area contributed by atoms with Crippen molar-refractivity contribution in [3.63, 3.8) is 0 Å². The van der Waals surface area contributed by atoms with Crippen LogP contribution in [0.15, 0.2) is 24.3 Å². The molecule has 0 N–H and O–H groups in total. The van der Waals surface area contributed by atoms with Gasteiger partial charge in [-0.05, 0) is 12.5 Å². The zero-order valence-electron chi connectivity index (χ0n) is 9.82. The van der Waals surface area contributed by atoms with Gasteiger partial charge < -0.3 is 4.74 Å². The largest absolute Gasteiger partial charge is 0.476 e. The molecule has 0 saturated carbocycles. The zero-order valence-corrected chi connectivity index (χ0v) is 10.6. The smallest absolute Gasteiger partial charge is 0.241 e. The summed E-state index contributed by atoms with van der Waals surface area (Å²) >= 11 is 5.98. The monoisotopic (exact) mass is 250 g/mol. The number of nitrogens with zero attached hydrogens (tertiary/aromatic N) is 2. The number of ether oxygens (including phenoxy) is 1. The number of hydrogen-bond donors (Lipinski definition) is 0. The van der Waals surface area contributed by atoms with Gasteiger partial charge in [0, 0.05) is 10.8 Å². The van der Waals surface area contributed by atoms with E-state index in [1.165, 1.54) is 12.8 Å². The minimum Gasteiger partial charge on any atom is -0.476 e. The topological polar surface area (TPSA) is 35.0 Å². The van der Waals surface area contributed by atoms with Crippen LogP contribution in [0.1, 0.15) is 26.2 Å². The number of unbranched alkanes of at least 4 members (excludes halogenated alkanes) is 2. The normalized spacial score (nSPS) is 10.7. The van der Waals surface area contributed by atoms with Crippen molar-refractivity contribution in [2.24, 2.45) is 0 Å². The third-order valence-electron chi connectivity index (χ3n) is 2.60. The highest BCUT2D eigenvalue weighted by Crippen LogP contribution is 2.27. The fourth-order valence-corrected chi connectivity index (χ4v) is 1.88. The van der Waals surface area contributed by atoms with Gasteiger partial charge >= 0.3 is 0 Å². The average molecular weight is 251 g/mol. The number of benzene rings is 1. The first-order valence-corrected chi connectivity index (χ1v) is 6.24. The molecule has 0 radical (unpaired) electrons. The molecular weight excluding hydrogens is 236 g/mol. The van der Waals surface area contributed by atoms with Crippen molar-refractivity contribution >= 4 is 22.4 Å². The Morgan fingerprint density at radius 1 is 1.12 bits per heavy atom. The third-order valence-corrected chi connectivity index (χ3v) is 2.87. The second-order valence-electron chi connectivity index (χ2n) is 3.90. The Morgan fingerprint density at radius 3 is 2.65 bits per heavy atom. The van der Waals surface area contributed by atoms with Gasteiger partial charge in [-0.3, -0.25) is 0 Å². The predicted octanol–water partition coefficient (Wildman–Crippen LogP) is 3.85. The molecular formula is C13H15ClN2O. The first-order valence-electron chi connectivity index (χ1n) is 5.86. The van der Waals surface area contributed by atoms with E-state index in [4.69, 9.17) is 16.3 Å². The molecule has 0 fully saturated rings. The summed E-state index contributed by atoms with van der Waals surface area (Å²) in [5.41, 5.74) is 0. The van der Waals surface area contributed by atoms with Gasteiger partial charge in [-0.25, -0.2) is 0 Å². The Kier molecular flexibility index (Phi) is 4.15. The minimum absolute atomic E-state index is 0.418. The molecule has 3 nitrogen and oxygen atoms in total. The molecule has 2 aromatic rings. The average Bonchev–Trinajstić information content (AvgIpc) is 2.37. The first kappa shape index (κ1) is 12.1. The molecule has 2 rings (SSSR count). The summed E-state index contributed by atoms with van der Waals surface area (Å²) in [5.74, 6) is 0.570. The second-order valence-corrected chi connectivity index (χ2v) is 4.26. The van der Waals surface area contributed by atoms with Crippen LogP contribution in [0.25, 0.3) is 10.8 Å². The van der Waals surface area contributed by atoms with Crippen LogP contribution in [0, 0.1) is 0 Å². The summed E-state index contributed by atoms with van der Waals surface area (Å²) in [7, 11) is 0. The molecule has 0 aliphatic carbocycles. The van der Waals surface area contributed by atoms with Crippen molar-refractivity contribution in [3.8, 4) is 5.88 Å². The molecule has 0 aliphatic rings. The van der Waals surface area contributed by atoms with E-state index in [0.29, 0.717) is 17.6 Å². The lowest BCUT2D eigenvalue weighted by atomic mass is 10.2. The van der Waals surface area contributed by atoms with E-state index in [0.717, 1.165) is 17.2 Å². The van der Waals surface area contributed by atoms with Gasteiger partial charge in [0.1, 0.15) is 0 Å². The molecule has 1 aromatic carbocycles. The van der Waals surface area contributed by atoms with Crippen LogP contribution >= 0.6 is 11.6 Å². The summed E-state index contributed by atoms with van der Waals surface area (Å²) in [4.78, 5) is 0. The van der Waals surface area contributed by atoms with Gasteiger partial charge in [0.2, 0.25) is 5.88 Å². The SMILES string of the molecule is CCCCCOc1nnc(Cl)c2ccccc12. The highest BCUT2D eigenvalue weighted by atomic mass is 35.5. The van der Waals surface area contributed by atoms with Crippen LogP contribution in [0.2, 0.25) is 5.15 Å². The Balaban J connectivity index is 2.20. The van der Waals surface area contributed by atoms with Crippen LogP contribution in [0.4, 0.5) is 0 Å². The van der Waals surface area contributed by atoms with E-state index in [-0.39, 0.29) is 0 Å². The van der Waals surface area contributed by atoms with Gasteiger partial charge in [-0.1, -0.05) is 49.6 Å². The predicted molar refractivity (Wildman–Crippen MR) is 69.6 cm³/mol. The fraction of sp³-hybridized carbons (Fsp3) is 0.385. The lowest BCUT2D eigenvalue weighted by molar-refractivity contribution is 0.295. The number of aromatic nitrogens is 2. The first-order chi connectivity index (χ1) is 8.33.